The van der Waals surface area contributed by atoms with Gasteiger partial charge in [-0.3, -0.25) is 4.79 Å². The van der Waals surface area contributed by atoms with Crippen LogP contribution in [0.1, 0.15) is 32.8 Å². The van der Waals surface area contributed by atoms with E-state index >= 15 is 0 Å². The van der Waals surface area contributed by atoms with Crippen LogP contribution in [0.3, 0.4) is 0 Å². The summed E-state index contributed by atoms with van der Waals surface area (Å²) in [7, 11) is 1.81. The van der Waals surface area contributed by atoms with Crippen molar-refractivity contribution in [3.8, 4) is 0 Å². The maximum absolute atomic E-state index is 11.7. The number of hydrogen-bond acceptors (Lipinski definition) is 5. The Labute approximate surface area is 121 Å². The monoisotopic (exact) mass is 279 g/mol. The maximum atomic E-state index is 11.7. The summed E-state index contributed by atoms with van der Waals surface area (Å²) in [5, 5.41) is 6.14. The third kappa shape index (κ3) is 5.97. The Morgan fingerprint density at radius 3 is 2.55 bits per heavy atom. The summed E-state index contributed by atoms with van der Waals surface area (Å²) >= 11 is 0. The van der Waals surface area contributed by atoms with Crippen molar-refractivity contribution < 1.29 is 4.79 Å². The highest BCUT2D eigenvalue weighted by molar-refractivity contribution is 5.80. The average Bonchev–Trinajstić information content (AvgIpc) is 2.38. The van der Waals surface area contributed by atoms with Crippen LogP contribution in [0.4, 0.5) is 5.95 Å². The van der Waals surface area contributed by atoms with Crippen molar-refractivity contribution in [1.82, 2.24) is 20.6 Å². The van der Waals surface area contributed by atoms with E-state index in [0.29, 0.717) is 5.95 Å². The molecule has 0 bridgehead atoms. The molecule has 1 aromatic rings. The van der Waals surface area contributed by atoms with Gasteiger partial charge in [-0.2, -0.15) is 0 Å². The average molecular weight is 279 g/mol. The lowest BCUT2D eigenvalue weighted by Gasteiger charge is -2.17. The van der Waals surface area contributed by atoms with Gasteiger partial charge in [0.1, 0.15) is 0 Å². The van der Waals surface area contributed by atoms with Crippen LogP contribution in [0.15, 0.2) is 12.4 Å². The molecule has 0 aliphatic rings. The summed E-state index contributed by atoms with van der Waals surface area (Å²) in [6.07, 6.45) is 4.69. The van der Waals surface area contributed by atoms with Crippen LogP contribution in [0.5, 0.6) is 0 Å². The molecule has 0 unspecified atom stereocenters. The molecule has 0 saturated heterocycles. The first kappa shape index (κ1) is 16.4. The lowest BCUT2D eigenvalue weighted by molar-refractivity contribution is -0.120. The number of amides is 1. The third-order valence-corrected chi connectivity index (χ3v) is 2.62. The molecule has 1 heterocycles. The molecule has 0 spiro atoms. The van der Waals surface area contributed by atoms with E-state index < -0.39 is 0 Å². The Morgan fingerprint density at radius 2 is 2.00 bits per heavy atom. The van der Waals surface area contributed by atoms with Crippen LogP contribution in [0.25, 0.3) is 0 Å². The smallest absolute Gasteiger partial charge is 0.239 e. The Bertz CT molecular complexity index is 405. The molecule has 112 valence electrons. The zero-order valence-electron chi connectivity index (χ0n) is 12.8. The molecular formula is C14H25N5O. The van der Waals surface area contributed by atoms with Crippen molar-refractivity contribution in [3.63, 3.8) is 0 Å². The van der Waals surface area contributed by atoms with Gasteiger partial charge in [0.2, 0.25) is 11.9 Å². The molecule has 0 aromatic carbocycles. The van der Waals surface area contributed by atoms with E-state index in [0.717, 1.165) is 25.1 Å². The Morgan fingerprint density at radius 1 is 1.35 bits per heavy atom. The minimum Gasteiger partial charge on any atom is -0.352 e. The highest BCUT2D eigenvalue weighted by Crippen LogP contribution is 2.04. The zero-order chi connectivity index (χ0) is 15.0. The largest absolute Gasteiger partial charge is 0.352 e. The molecular weight excluding hydrogens is 254 g/mol. The standard InChI is InChI=1S/C14H25N5O/c1-5-6-15-7-12-8-16-14(17-9-12)19(4)10-13(20)18-11(2)3/h8-9,11,15H,5-7,10H2,1-4H3,(H,18,20). The second-order valence-corrected chi connectivity index (χ2v) is 5.15. The fourth-order valence-electron chi connectivity index (χ4n) is 1.70. The van der Waals surface area contributed by atoms with E-state index in [2.05, 4.69) is 27.5 Å². The van der Waals surface area contributed by atoms with Crippen molar-refractivity contribution in [2.24, 2.45) is 0 Å². The number of carbonyl (C=O) groups is 1. The molecule has 0 atom stereocenters. The van der Waals surface area contributed by atoms with Crippen molar-refractivity contribution in [3.05, 3.63) is 18.0 Å². The minimum absolute atomic E-state index is 0.0280. The van der Waals surface area contributed by atoms with Gasteiger partial charge in [0.15, 0.2) is 0 Å². The Kier molecular flexibility index (Phi) is 6.93. The molecule has 2 N–H and O–H groups in total. The van der Waals surface area contributed by atoms with Crippen molar-refractivity contribution in [1.29, 1.82) is 0 Å². The number of nitrogens with one attached hydrogen (secondary N) is 2. The molecule has 1 aromatic heterocycles. The van der Waals surface area contributed by atoms with Crippen LogP contribution < -0.4 is 15.5 Å². The van der Waals surface area contributed by atoms with Gasteiger partial charge < -0.3 is 15.5 Å². The van der Waals surface area contributed by atoms with E-state index in [4.69, 9.17) is 0 Å². The predicted octanol–water partition coefficient (Wildman–Crippen LogP) is 0.937. The van der Waals surface area contributed by atoms with E-state index in [1.54, 1.807) is 17.3 Å². The number of carbonyl (C=O) groups excluding carboxylic acids is 1. The fourth-order valence-corrected chi connectivity index (χ4v) is 1.70. The van der Waals surface area contributed by atoms with E-state index in [1.807, 2.05) is 20.9 Å². The number of hydrogen-bond donors (Lipinski definition) is 2. The second-order valence-electron chi connectivity index (χ2n) is 5.15. The van der Waals surface area contributed by atoms with Crippen molar-refractivity contribution in [2.75, 3.05) is 25.0 Å². The van der Waals surface area contributed by atoms with Gasteiger partial charge in [-0.1, -0.05) is 6.92 Å². The SMILES string of the molecule is CCCNCc1cnc(N(C)CC(=O)NC(C)C)nc1. The molecule has 1 rings (SSSR count). The highest BCUT2D eigenvalue weighted by atomic mass is 16.2. The maximum Gasteiger partial charge on any atom is 0.239 e. The summed E-state index contributed by atoms with van der Waals surface area (Å²) in [6, 6.07) is 0.142. The topological polar surface area (TPSA) is 70.2 Å². The minimum atomic E-state index is -0.0280. The first-order chi connectivity index (χ1) is 9.52. The quantitative estimate of drug-likeness (QED) is 0.693. The molecule has 6 nitrogen and oxygen atoms in total. The zero-order valence-corrected chi connectivity index (χ0v) is 12.8. The van der Waals surface area contributed by atoms with Gasteiger partial charge >= 0.3 is 0 Å². The van der Waals surface area contributed by atoms with Gasteiger partial charge in [-0.25, -0.2) is 9.97 Å². The number of anilines is 1. The normalized spacial score (nSPS) is 10.7. The molecule has 6 heteroatoms. The van der Waals surface area contributed by atoms with Gasteiger partial charge in [0.25, 0.3) is 0 Å². The van der Waals surface area contributed by atoms with Gasteiger partial charge in [0.05, 0.1) is 6.54 Å². The van der Waals surface area contributed by atoms with Crippen LogP contribution in [0.2, 0.25) is 0 Å². The summed E-state index contributed by atoms with van der Waals surface area (Å²) in [5.74, 6) is 0.530. The Balaban J connectivity index is 2.48. The molecule has 1 amide bonds. The first-order valence-corrected chi connectivity index (χ1v) is 7.05. The molecule has 0 aliphatic carbocycles. The molecule has 0 radical (unpaired) electrons. The van der Waals surface area contributed by atoms with E-state index in [1.165, 1.54) is 0 Å². The first-order valence-electron chi connectivity index (χ1n) is 7.05. The van der Waals surface area contributed by atoms with Gasteiger partial charge in [-0.15, -0.1) is 0 Å². The molecule has 0 saturated carbocycles. The second kappa shape index (κ2) is 8.47. The number of nitrogens with zero attached hydrogens (tertiary/aromatic N) is 3. The summed E-state index contributed by atoms with van der Waals surface area (Å²) in [6.45, 7) is 8.01. The fraction of sp³-hybridized carbons (Fsp3) is 0.643. The van der Waals surface area contributed by atoms with Gasteiger partial charge in [0, 0.05) is 37.6 Å². The third-order valence-electron chi connectivity index (χ3n) is 2.62. The number of rotatable bonds is 8. The van der Waals surface area contributed by atoms with E-state index in [9.17, 15) is 4.79 Å². The predicted molar refractivity (Wildman–Crippen MR) is 80.6 cm³/mol. The summed E-state index contributed by atoms with van der Waals surface area (Å²) in [5.41, 5.74) is 1.04. The molecule has 0 aliphatic heterocycles. The lowest BCUT2D eigenvalue weighted by atomic mass is 10.3. The Hall–Kier alpha value is -1.69. The highest BCUT2D eigenvalue weighted by Gasteiger charge is 2.10. The summed E-state index contributed by atoms with van der Waals surface area (Å²) < 4.78 is 0. The molecule has 0 fully saturated rings. The van der Waals surface area contributed by atoms with Crippen LogP contribution in [-0.4, -0.2) is 42.1 Å². The van der Waals surface area contributed by atoms with E-state index in [-0.39, 0.29) is 18.5 Å². The molecule has 20 heavy (non-hydrogen) atoms. The van der Waals surface area contributed by atoms with Crippen LogP contribution >= 0.6 is 0 Å². The van der Waals surface area contributed by atoms with Crippen LogP contribution in [0, 0.1) is 0 Å². The summed E-state index contributed by atoms with van der Waals surface area (Å²) in [4.78, 5) is 22.0. The number of likely N-dealkylation sites (N-methyl/N-ethyl adjacent to an activating group) is 1. The number of aromatic nitrogens is 2. The lowest BCUT2D eigenvalue weighted by Crippen LogP contribution is -2.39. The van der Waals surface area contributed by atoms with Gasteiger partial charge in [-0.05, 0) is 26.8 Å². The van der Waals surface area contributed by atoms with Crippen LogP contribution in [-0.2, 0) is 11.3 Å². The van der Waals surface area contributed by atoms with Crippen molar-refractivity contribution in [2.45, 2.75) is 39.8 Å². The van der Waals surface area contributed by atoms with Crippen molar-refractivity contribution >= 4 is 11.9 Å².